The fourth-order valence-electron chi connectivity index (χ4n) is 4.47. The van der Waals surface area contributed by atoms with Gasteiger partial charge in [-0.15, -0.1) is 0 Å². The van der Waals surface area contributed by atoms with Gasteiger partial charge in [0.1, 0.15) is 18.0 Å². The molecule has 1 unspecified atom stereocenters. The van der Waals surface area contributed by atoms with Crippen molar-refractivity contribution in [3.8, 4) is 28.4 Å². The smallest absolute Gasteiger partial charge is 0.263 e. The number of hydrogen-bond acceptors (Lipinski definition) is 6. The standard InChI is InChI=1S/C32H28Br2N2O6/c33-26-17-23(18-27(34)31(26)41-24-14-15-28(37)25(19-24)21-9-3-1-4-10-21)36(32(39)22-11-5-2-6-12-22)20-29(38)35-42-30-13-7-8-16-40-30/h1-6,9-12,14-15,17-19,30,37H,7-8,13,16,20H2,(H,35,38). The Hall–Kier alpha value is -3.70. The minimum absolute atomic E-state index is 0.134. The van der Waals surface area contributed by atoms with Gasteiger partial charge in [0.25, 0.3) is 11.8 Å². The van der Waals surface area contributed by atoms with Gasteiger partial charge in [0.2, 0.25) is 0 Å². The normalized spacial score (nSPS) is 14.7. The Morgan fingerprint density at radius 2 is 1.62 bits per heavy atom. The molecule has 0 bridgehead atoms. The Morgan fingerprint density at radius 1 is 0.929 bits per heavy atom. The Morgan fingerprint density at radius 3 is 2.29 bits per heavy atom. The lowest BCUT2D eigenvalue weighted by molar-refractivity contribution is -0.199. The van der Waals surface area contributed by atoms with Gasteiger partial charge in [-0.25, -0.2) is 10.3 Å². The van der Waals surface area contributed by atoms with Crippen molar-refractivity contribution < 1.29 is 29.0 Å². The quantitative estimate of drug-likeness (QED) is 0.175. The number of benzene rings is 4. The zero-order valence-corrected chi connectivity index (χ0v) is 25.6. The molecule has 0 spiro atoms. The Kier molecular flexibility index (Phi) is 9.91. The van der Waals surface area contributed by atoms with Crippen molar-refractivity contribution in [1.29, 1.82) is 0 Å². The molecule has 1 atom stereocenters. The van der Waals surface area contributed by atoms with Crippen LogP contribution >= 0.6 is 31.9 Å². The highest BCUT2D eigenvalue weighted by atomic mass is 79.9. The summed E-state index contributed by atoms with van der Waals surface area (Å²) in [6.45, 7) is 0.283. The van der Waals surface area contributed by atoms with Gasteiger partial charge in [0.05, 0.1) is 8.95 Å². The molecular formula is C32H28Br2N2O6. The summed E-state index contributed by atoms with van der Waals surface area (Å²) in [5.41, 5.74) is 4.78. The number of rotatable bonds is 9. The number of anilines is 1. The van der Waals surface area contributed by atoms with Crippen LogP contribution in [-0.2, 0) is 14.4 Å². The zero-order chi connectivity index (χ0) is 29.5. The summed E-state index contributed by atoms with van der Waals surface area (Å²) in [6.07, 6.45) is 2.08. The van der Waals surface area contributed by atoms with Crippen molar-refractivity contribution >= 4 is 49.4 Å². The third-order valence-corrected chi connectivity index (χ3v) is 7.76. The molecule has 4 aromatic carbocycles. The summed E-state index contributed by atoms with van der Waals surface area (Å²) in [5.74, 6) is 0.225. The van der Waals surface area contributed by atoms with Gasteiger partial charge in [-0.1, -0.05) is 48.5 Å². The molecule has 0 saturated carbocycles. The molecule has 1 fully saturated rings. The molecule has 5 rings (SSSR count). The van der Waals surface area contributed by atoms with Gasteiger partial charge in [0, 0.05) is 29.8 Å². The van der Waals surface area contributed by atoms with Crippen LogP contribution in [0.15, 0.2) is 99.9 Å². The second-order valence-corrected chi connectivity index (χ2v) is 11.3. The maximum Gasteiger partial charge on any atom is 0.263 e. The lowest BCUT2D eigenvalue weighted by Gasteiger charge is -2.25. The van der Waals surface area contributed by atoms with Gasteiger partial charge in [-0.3, -0.25) is 14.5 Å². The van der Waals surface area contributed by atoms with Crippen LogP contribution in [0.3, 0.4) is 0 Å². The minimum atomic E-state index is -0.511. The molecule has 0 radical (unpaired) electrons. The monoisotopic (exact) mass is 694 g/mol. The molecule has 42 heavy (non-hydrogen) atoms. The first-order chi connectivity index (χ1) is 20.4. The number of carbonyl (C=O) groups excluding carboxylic acids is 2. The summed E-state index contributed by atoms with van der Waals surface area (Å²) in [7, 11) is 0. The number of ether oxygens (including phenoxy) is 2. The number of aromatic hydroxyl groups is 1. The number of hydrogen-bond donors (Lipinski definition) is 2. The van der Waals surface area contributed by atoms with Crippen LogP contribution in [0.4, 0.5) is 5.69 Å². The molecule has 1 heterocycles. The summed E-state index contributed by atoms with van der Waals surface area (Å²) in [5, 5.41) is 10.4. The highest BCUT2D eigenvalue weighted by molar-refractivity contribution is 9.11. The van der Waals surface area contributed by atoms with Gasteiger partial charge in [-0.05, 0) is 92.7 Å². The second kappa shape index (κ2) is 14.0. The zero-order valence-electron chi connectivity index (χ0n) is 22.5. The topological polar surface area (TPSA) is 97.3 Å². The molecule has 2 N–H and O–H groups in total. The van der Waals surface area contributed by atoms with E-state index in [9.17, 15) is 14.7 Å². The summed E-state index contributed by atoms with van der Waals surface area (Å²) in [4.78, 5) is 33.3. The van der Waals surface area contributed by atoms with Crippen LogP contribution in [-0.4, -0.2) is 36.4 Å². The Balaban J connectivity index is 1.39. The molecule has 0 aliphatic carbocycles. The molecule has 0 aromatic heterocycles. The van der Waals surface area contributed by atoms with E-state index in [-0.39, 0.29) is 18.2 Å². The van der Waals surface area contributed by atoms with E-state index in [2.05, 4.69) is 37.3 Å². The largest absolute Gasteiger partial charge is 0.507 e. The fraction of sp³-hybridized carbons (Fsp3) is 0.188. The summed E-state index contributed by atoms with van der Waals surface area (Å²) >= 11 is 7.14. The summed E-state index contributed by atoms with van der Waals surface area (Å²) < 4.78 is 12.8. The molecule has 216 valence electrons. The highest BCUT2D eigenvalue weighted by Gasteiger charge is 2.24. The number of hydroxylamine groups is 1. The predicted octanol–water partition coefficient (Wildman–Crippen LogP) is 7.60. The van der Waals surface area contributed by atoms with Crippen molar-refractivity contribution in [2.75, 3.05) is 18.1 Å². The van der Waals surface area contributed by atoms with E-state index < -0.39 is 12.2 Å². The van der Waals surface area contributed by atoms with Crippen LogP contribution in [0.5, 0.6) is 17.2 Å². The first-order valence-corrected chi connectivity index (χ1v) is 15.0. The third kappa shape index (κ3) is 7.38. The maximum atomic E-state index is 13.6. The number of phenolic OH excluding ortho intramolecular Hbond substituents is 1. The van der Waals surface area contributed by atoms with Crippen LogP contribution in [0.25, 0.3) is 11.1 Å². The Labute approximate surface area is 260 Å². The first kappa shape index (κ1) is 29.8. The van der Waals surface area contributed by atoms with Crippen LogP contribution in [0.1, 0.15) is 29.6 Å². The predicted molar refractivity (Wildman–Crippen MR) is 166 cm³/mol. The highest BCUT2D eigenvalue weighted by Crippen LogP contribution is 2.42. The molecule has 1 saturated heterocycles. The van der Waals surface area contributed by atoms with E-state index in [1.54, 1.807) is 54.6 Å². The van der Waals surface area contributed by atoms with Crippen molar-refractivity contribution in [2.24, 2.45) is 0 Å². The molecule has 2 amide bonds. The number of nitrogens with zero attached hydrogens (tertiary/aromatic N) is 1. The van der Waals surface area contributed by atoms with Gasteiger partial charge < -0.3 is 14.6 Å². The molecule has 4 aromatic rings. The van der Waals surface area contributed by atoms with Gasteiger partial charge in [0.15, 0.2) is 12.0 Å². The Bertz CT molecular complexity index is 1520. The maximum absolute atomic E-state index is 13.6. The number of phenols is 1. The van der Waals surface area contributed by atoms with Crippen LogP contribution in [0.2, 0.25) is 0 Å². The molecule has 8 nitrogen and oxygen atoms in total. The molecule has 10 heteroatoms. The van der Waals surface area contributed by atoms with Crippen LogP contribution in [0, 0.1) is 0 Å². The van der Waals surface area contributed by atoms with E-state index in [1.165, 1.54) is 4.90 Å². The molecule has 1 aliphatic rings. The van der Waals surface area contributed by atoms with Crippen molar-refractivity contribution in [2.45, 2.75) is 25.6 Å². The average Bonchev–Trinajstić information content (AvgIpc) is 3.02. The number of carbonyl (C=O) groups is 2. The first-order valence-electron chi connectivity index (χ1n) is 13.4. The van der Waals surface area contributed by atoms with E-state index >= 15 is 0 Å². The van der Waals surface area contributed by atoms with E-state index in [0.717, 1.165) is 18.4 Å². The average molecular weight is 696 g/mol. The number of halogens is 2. The number of nitrogens with one attached hydrogen (secondary N) is 1. The number of amides is 2. The van der Waals surface area contributed by atoms with Crippen molar-refractivity contribution in [1.82, 2.24) is 5.48 Å². The van der Waals surface area contributed by atoms with E-state index in [0.29, 0.717) is 50.3 Å². The lowest BCUT2D eigenvalue weighted by Crippen LogP contribution is -2.42. The van der Waals surface area contributed by atoms with Crippen molar-refractivity contribution in [3.05, 3.63) is 106 Å². The lowest BCUT2D eigenvalue weighted by atomic mass is 10.0. The minimum Gasteiger partial charge on any atom is -0.507 e. The van der Waals surface area contributed by atoms with Crippen molar-refractivity contribution in [3.63, 3.8) is 0 Å². The third-order valence-electron chi connectivity index (χ3n) is 6.58. The van der Waals surface area contributed by atoms with Crippen LogP contribution < -0.4 is 15.1 Å². The van der Waals surface area contributed by atoms with E-state index in [1.807, 2.05) is 36.4 Å². The van der Waals surface area contributed by atoms with Gasteiger partial charge in [-0.2, -0.15) is 0 Å². The van der Waals surface area contributed by atoms with Gasteiger partial charge >= 0.3 is 0 Å². The molecular weight excluding hydrogens is 668 g/mol. The second-order valence-electron chi connectivity index (χ2n) is 9.58. The fourth-order valence-corrected chi connectivity index (χ4v) is 5.80. The summed E-state index contributed by atoms with van der Waals surface area (Å²) in [6, 6.07) is 26.6. The molecule has 1 aliphatic heterocycles. The van der Waals surface area contributed by atoms with E-state index in [4.69, 9.17) is 14.3 Å². The SMILES string of the molecule is O=C(CN(C(=O)c1ccccc1)c1cc(Br)c(Oc2ccc(O)c(-c3ccccc3)c2)c(Br)c1)NOC1CCCCO1.